The minimum Gasteiger partial charge on any atom is -0.494 e. The Hall–Kier alpha value is -0.540. The van der Waals surface area contributed by atoms with Crippen LogP contribution in [0, 0.1) is 0 Å². The van der Waals surface area contributed by atoms with Gasteiger partial charge in [0.15, 0.2) is 0 Å². The van der Waals surface area contributed by atoms with Gasteiger partial charge in [0.2, 0.25) is 0 Å². The standard InChI is InChI=1S/C13H18OS2/c1-2-3-4-5-10-14-12-8-6-11(7-9-12)13(15)16/h6-9H,2-5,10H2,1H3,(H,15,16). The fraction of sp³-hybridized carbons (Fsp3) is 0.462. The number of thiocarbonyl (C=S) groups is 1. The van der Waals surface area contributed by atoms with Gasteiger partial charge in [-0.15, -0.1) is 12.6 Å². The molecule has 1 aromatic rings. The molecule has 0 N–H and O–H groups in total. The Morgan fingerprint density at radius 2 is 1.88 bits per heavy atom. The number of unbranched alkanes of at least 4 members (excludes halogenated alkanes) is 3. The highest BCUT2D eigenvalue weighted by Crippen LogP contribution is 2.14. The average Bonchev–Trinajstić information content (AvgIpc) is 2.29. The zero-order valence-corrected chi connectivity index (χ0v) is 11.3. The van der Waals surface area contributed by atoms with E-state index in [0.29, 0.717) is 4.20 Å². The quantitative estimate of drug-likeness (QED) is 0.442. The highest BCUT2D eigenvalue weighted by molar-refractivity contribution is 8.11. The summed E-state index contributed by atoms with van der Waals surface area (Å²) in [6.45, 7) is 3.00. The lowest BCUT2D eigenvalue weighted by Gasteiger charge is -2.06. The Bertz CT molecular complexity index is 319. The summed E-state index contributed by atoms with van der Waals surface area (Å²) >= 11 is 9.09. The van der Waals surface area contributed by atoms with E-state index in [-0.39, 0.29) is 0 Å². The summed E-state index contributed by atoms with van der Waals surface area (Å²) < 4.78 is 6.24. The maximum Gasteiger partial charge on any atom is 0.119 e. The molecule has 0 amide bonds. The van der Waals surface area contributed by atoms with Crippen LogP contribution >= 0.6 is 24.8 Å². The number of hydrogen-bond donors (Lipinski definition) is 1. The molecule has 16 heavy (non-hydrogen) atoms. The molecule has 0 spiro atoms. The molecule has 0 bridgehead atoms. The second-order valence-electron chi connectivity index (χ2n) is 3.74. The Labute approximate surface area is 109 Å². The van der Waals surface area contributed by atoms with E-state index in [9.17, 15) is 0 Å². The molecule has 3 heteroatoms. The van der Waals surface area contributed by atoms with Crippen molar-refractivity contribution in [1.82, 2.24) is 0 Å². The normalized spacial score (nSPS) is 10.1. The molecule has 1 aromatic carbocycles. The van der Waals surface area contributed by atoms with Gasteiger partial charge < -0.3 is 4.74 Å². The van der Waals surface area contributed by atoms with Gasteiger partial charge >= 0.3 is 0 Å². The molecule has 0 saturated carbocycles. The van der Waals surface area contributed by atoms with E-state index in [1.54, 1.807) is 0 Å². The maximum atomic E-state index is 5.62. The van der Waals surface area contributed by atoms with Gasteiger partial charge in [0.25, 0.3) is 0 Å². The summed E-state index contributed by atoms with van der Waals surface area (Å²) in [6, 6.07) is 7.77. The summed E-state index contributed by atoms with van der Waals surface area (Å²) in [6.07, 6.45) is 4.92. The average molecular weight is 254 g/mol. The summed E-state index contributed by atoms with van der Waals surface area (Å²) in [5.74, 6) is 0.907. The predicted octanol–water partition coefficient (Wildman–Crippen LogP) is 4.25. The molecule has 1 rings (SSSR count). The number of hydrogen-bond acceptors (Lipinski definition) is 2. The van der Waals surface area contributed by atoms with Gasteiger partial charge in [0.05, 0.1) is 10.8 Å². The van der Waals surface area contributed by atoms with Crippen molar-refractivity contribution in [3.63, 3.8) is 0 Å². The van der Waals surface area contributed by atoms with E-state index in [4.69, 9.17) is 17.0 Å². The lowest BCUT2D eigenvalue weighted by molar-refractivity contribution is 0.305. The Kier molecular flexibility index (Phi) is 6.50. The number of benzene rings is 1. The first-order valence-electron chi connectivity index (χ1n) is 5.70. The predicted molar refractivity (Wildman–Crippen MR) is 76.8 cm³/mol. The van der Waals surface area contributed by atoms with Crippen LogP contribution in [0.15, 0.2) is 24.3 Å². The van der Waals surface area contributed by atoms with Crippen molar-refractivity contribution < 1.29 is 4.74 Å². The Balaban J connectivity index is 2.29. The third-order valence-corrected chi connectivity index (χ3v) is 2.86. The third-order valence-electron chi connectivity index (χ3n) is 2.37. The molecule has 88 valence electrons. The zero-order valence-electron chi connectivity index (χ0n) is 9.61. The lowest BCUT2D eigenvalue weighted by atomic mass is 10.2. The van der Waals surface area contributed by atoms with Gasteiger partial charge in [-0.3, -0.25) is 0 Å². The van der Waals surface area contributed by atoms with E-state index in [1.165, 1.54) is 19.3 Å². The minimum absolute atomic E-state index is 0.620. The molecule has 0 aliphatic carbocycles. The minimum atomic E-state index is 0.620. The van der Waals surface area contributed by atoms with Crippen LogP contribution in [-0.2, 0) is 0 Å². The number of thiol groups is 1. The van der Waals surface area contributed by atoms with Crippen molar-refractivity contribution in [1.29, 1.82) is 0 Å². The largest absolute Gasteiger partial charge is 0.494 e. The second-order valence-corrected chi connectivity index (χ2v) is 4.90. The van der Waals surface area contributed by atoms with Crippen molar-refractivity contribution in [3.8, 4) is 5.75 Å². The fourth-order valence-electron chi connectivity index (χ4n) is 1.41. The van der Waals surface area contributed by atoms with Crippen molar-refractivity contribution in [3.05, 3.63) is 29.8 Å². The van der Waals surface area contributed by atoms with Crippen LogP contribution in [0.2, 0.25) is 0 Å². The van der Waals surface area contributed by atoms with E-state index < -0.39 is 0 Å². The SMILES string of the molecule is CCCCCCOc1ccc(C(=S)S)cc1. The first-order valence-corrected chi connectivity index (χ1v) is 6.55. The van der Waals surface area contributed by atoms with Crippen molar-refractivity contribution >= 4 is 29.0 Å². The molecule has 0 heterocycles. The van der Waals surface area contributed by atoms with E-state index in [1.807, 2.05) is 24.3 Å². The van der Waals surface area contributed by atoms with Gasteiger partial charge in [0.1, 0.15) is 5.75 Å². The molecule has 1 nitrogen and oxygen atoms in total. The van der Waals surface area contributed by atoms with E-state index in [2.05, 4.69) is 19.6 Å². The van der Waals surface area contributed by atoms with E-state index in [0.717, 1.165) is 24.3 Å². The zero-order chi connectivity index (χ0) is 11.8. The summed E-state index contributed by atoms with van der Waals surface area (Å²) in [7, 11) is 0. The topological polar surface area (TPSA) is 9.23 Å². The lowest BCUT2D eigenvalue weighted by Crippen LogP contribution is -1.97. The fourth-order valence-corrected chi connectivity index (χ4v) is 1.70. The van der Waals surface area contributed by atoms with Crippen LogP contribution in [0.3, 0.4) is 0 Å². The Morgan fingerprint density at radius 3 is 2.44 bits per heavy atom. The molecule has 0 radical (unpaired) electrons. The molecule has 0 aliphatic heterocycles. The molecule has 0 atom stereocenters. The van der Waals surface area contributed by atoms with Crippen LogP contribution in [0.4, 0.5) is 0 Å². The molecular formula is C13H18OS2. The summed E-state index contributed by atoms with van der Waals surface area (Å²) in [5, 5.41) is 0. The smallest absolute Gasteiger partial charge is 0.119 e. The molecule has 0 unspecified atom stereocenters. The molecule has 0 saturated heterocycles. The second kappa shape index (κ2) is 7.69. The molecule has 0 aliphatic rings. The molecule has 0 fully saturated rings. The van der Waals surface area contributed by atoms with Gasteiger partial charge in [0, 0.05) is 0 Å². The monoisotopic (exact) mass is 254 g/mol. The van der Waals surface area contributed by atoms with Crippen LogP contribution in [-0.4, -0.2) is 10.8 Å². The summed E-state index contributed by atoms with van der Waals surface area (Å²) in [5.41, 5.74) is 0.969. The van der Waals surface area contributed by atoms with Crippen molar-refractivity contribution in [2.45, 2.75) is 32.6 Å². The maximum absolute atomic E-state index is 5.62. The van der Waals surface area contributed by atoms with E-state index >= 15 is 0 Å². The number of rotatable bonds is 7. The summed E-state index contributed by atoms with van der Waals surface area (Å²) in [4.78, 5) is 0. The Morgan fingerprint density at radius 1 is 1.19 bits per heavy atom. The van der Waals surface area contributed by atoms with Crippen molar-refractivity contribution in [2.24, 2.45) is 0 Å². The number of ether oxygens (including phenoxy) is 1. The van der Waals surface area contributed by atoms with Crippen LogP contribution in [0.5, 0.6) is 5.75 Å². The van der Waals surface area contributed by atoms with Crippen molar-refractivity contribution in [2.75, 3.05) is 6.61 Å². The van der Waals surface area contributed by atoms with Gasteiger partial charge in [-0.25, -0.2) is 0 Å². The van der Waals surface area contributed by atoms with Crippen LogP contribution in [0.1, 0.15) is 38.2 Å². The van der Waals surface area contributed by atoms with Crippen LogP contribution in [0.25, 0.3) is 0 Å². The first-order chi connectivity index (χ1) is 7.74. The van der Waals surface area contributed by atoms with Crippen LogP contribution < -0.4 is 4.74 Å². The van der Waals surface area contributed by atoms with Gasteiger partial charge in [-0.1, -0.05) is 38.4 Å². The van der Waals surface area contributed by atoms with Gasteiger partial charge in [-0.2, -0.15) is 0 Å². The molecular weight excluding hydrogens is 236 g/mol. The first kappa shape index (κ1) is 13.5. The van der Waals surface area contributed by atoms with Gasteiger partial charge in [-0.05, 0) is 36.2 Å². The highest BCUT2D eigenvalue weighted by Gasteiger charge is 1.97. The highest BCUT2D eigenvalue weighted by atomic mass is 32.1. The third kappa shape index (κ3) is 4.99. The molecule has 0 aromatic heterocycles.